The minimum atomic E-state index is -1.49. The van der Waals surface area contributed by atoms with Crippen LogP contribution in [-0.2, 0) is 52.4 Å². The van der Waals surface area contributed by atoms with Crippen LogP contribution in [0.4, 0.5) is 5.82 Å². The van der Waals surface area contributed by atoms with Crippen molar-refractivity contribution in [3.8, 4) is 0 Å². The van der Waals surface area contributed by atoms with Crippen molar-refractivity contribution in [1.82, 2.24) is 9.88 Å². The van der Waals surface area contributed by atoms with E-state index in [1.54, 1.807) is 70.8 Å². The third kappa shape index (κ3) is 11.9. The number of aromatic nitrogens is 1. The highest BCUT2D eigenvalue weighted by Gasteiger charge is 2.53. The Labute approximate surface area is 364 Å². The predicted molar refractivity (Wildman–Crippen MR) is 222 cm³/mol. The summed E-state index contributed by atoms with van der Waals surface area (Å²) in [5.74, 6) is -1.94. The summed E-state index contributed by atoms with van der Waals surface area (Å²) in [4.78, 5) is 50.8. The Hall–Kier alpha value is -3.14. The van der Waals surface area contributed by atoms with E-state index in [2.05, 4.69) is 4.98 Å². The first kappa shape index (κ1) is 49.9. The number of hydroxylamine groups is 1. The van der Waals surface area contributed by atoms with Gasteiger partial charge in [-0.2, -0.15) is 0 Å². The van der Waals surface area contributed by atoms with Gasteiger partial charge in [-0.1, -0.05) is 32.1 Å². The van der Waals surface area contributed by atoms with Crippen molar-refractivity contribution >= 4 is 24.0 Å². The van der Waals surface area contributed by atoms with Crippen LogP contribution in [-0.4, -0.2) is 167 Å². The zero-order chi connectivity index (χ0) is 45.6. The lowest BCUT2D eigenvalue weighted by Crippen LogP contribution is -2.66. The van der Waals surface area contributed by atoms with Crippen LogP contribution in [0, 0.1) is 18.8 Å². The summed E-state index contributed by atoms with van der Waals surface area (Å²) >= 11 is 0. The summed E-state index contributed by atoms with van der Waals surface area (Å²) < 4.78 is 42.8. The normalized spacial score (nSPS) is 41.2. The first-order chi connectivity index (χ1) is 29.3. The summed E-state index contributed by atoms with van der Waals surface area (Å²) in [5, 5.41) is 48.6. The van der Waals surface area contributed by atoms with Crippen LogP contribution in [0.1, 0.15) is 85.8 Å². The average molecular weight is 880 g/mol. The maximum atomic E-state index is 13.4. The van der Waals surface area contributed by atoms with E-state index in [1.807, 2.05) is 32.1 Å². The number of aliphatic hydroxyl groups is 4. The lowest BCUT2D eigenvalue weighted by molar-refractivity contribution is -0.344. The predicted octanol–water partition coefficient (Wildman–Crippen LogP) is 2.14. The number of aliphatic hydroxyl groups excluding tert-OH is 3. The number of fused-ring (bicyclic) bond motifs is 12. The minimum Gasteiger partial charge on any atom is -0.462 e. The highest BCUT2D eigenvalue weighted by atomic mass is 16.7. The molecule has 1 aromatic rings. The molecule has 0 amide bonds. The molecule has 0 aliphatic carbocycles. The first-order valence-corrected chi connectivity index (χ1v) is 21.8. The van der Waals surface area contributed by atoms with E-state index >= 15 is 0 Å². The Kier molecular flexibility index (Phi) is 17.4. The van der Waals surface area contributed by atoms with Gasteiger partial charge in [0, 0.05) is 38.5 Å². The third-order valence-corrected chi connectivity index (χ3v) is 12.4. The van der Waals surface area contributed by atoms with Crippen LogP contribution in [0.15, 0.2) is 30.4 Å². The molecule has 62 heavy (non-hydrogen) atoms. The second-order valence-corrected chi connectivity index (χ2v) is 17.8. The average Bonchev–Trinajstić information content (AvgIpc) is 3.19. The Balaban J connectivity index is 1.42. The molecule has 5 aliphatic heterocycles. The molecule has 2 bridgehead atoms. The second kappa shape index (κ2) is 21.7. The molecule has 18 heteroatoms. The van der Waals surface area contributed by atoms with E-state index in [0.717, 1.165) is 5.69 Å². The van der Waals surface area contributed by atoms with Gasteiger partial charge in [-0.25, -0.2) is 10.0 Å². The first-order valence-electron chi connectivity index (χ1n) is 21.8. The molecular weight excluding hydrogens is 810 g/mol. The Morgan fingerprint density at radius 3 is 2.37 bits per heavy atom. The highest BCUT2D eigenvalue weighted by Crippen LogP contribution is 2.38. The summed E-state index contributed by atoms with van der Waals surface area (Å²) in [7, 11) is 4.84. The van der Waals surface area contributed by atoms with Gasteiger partial charge >= 0.3 is 11.9 Å². The fourth-order valence-corrected chi connectivity index (χ4v) is 9.21. The largest absolute Gasteiger partial charge is 0.462 e. The van der Waals surface area contributed by atoms with Crippen LogP contribution < -0.4 is 5.06 Å². The Morgan fingerprint density at radius 1 is 1.02 bits per heavy atom. The number of carbonyl (C=O) groups is 3. The number of likely N-dealkylation sites (N-methyl/N-ethyl adjacent to an activating group) is 1. The third-order valence-electron chi connectivity index (χ3n) is 12.4. The molecule has 3 fully saturated rings. The Morgan fingerprint density at radius 2 is 1.74 bits per heavy atom. The van der Waals surface area contributed by atoms with E-state index in [0.29, 0.717) is 18.5 Å². The van der Waals surface area contributed by atoms with Crippen molar-refractivity contribution in [2.75, 3.05) is 26.3 Å². The van der Waals surface area contributed by atoms with E-state index in [4.69, 9.17) is 38.0 Å². The maximum absolute atomic E-state index is 13.4. The summed E-state index contributed by atoms with van der Waals surface area (Å²) in [6, 6.07) is 4.30. The topological polar surface area (TPSA) is 225 Å². The fraction of sp³-hybridized carbons (Fsp3) is 0.773. The van der Waals surface area contributed by atoms with Gasteiger partial charge < -0.3 is 63.3 Å². The molecule has 6 rings (SSSR count). The van der Waals surface area contributed by atoms with Crippen molar-refractivity contribution < 1.29 is 72.8 Å². The van der Waals surface area contributed by atoms with Gasteiger partial charge in [0.2, 0.25) is 0 Å². The fourth-order valence-electron chi connectivity index (χ4n) is 9.21. The second-order valence-electron chi connectivity index (χ2n) is 17.8. The number of carbonyl (C=O) groups excluding carboxylic acids is 3. The van der Waals surface area contributed by atoms with Gasteiger partial charge in [-0.15, -0.1) is 0 Å². The van der Waals surface area contributed by atoms with Gasteiger partial charge in [0.15, 0.2) is 24.5 Å². The van der Waals surface area contributed by atoms with E-state index in [9.17, 15) is 34.8 Å². The molecule has 3 saturated heterocycles. The molecule has 6 heterocycles. The highest BCUT2D eigenvalue weighted by molar-refractivity contribution is 5.70. The molecule has 0 spiro atoms. The SMILES string of the molecule is CCC(=O)O[C@H]1[C@H](C)O[C@@H](O[C@H]2[C@H](N(C)C)[C@@H](O)[C@@H](O[C@H]3[C@@H](CC=O)C[C@@H](C)[C@@H](O)[C@H]4C=C[C@@H](C[C@@H](C)OC(=O)C[C@@H](O)[C@@H]3OC)N(c3cccc(C)n3)O4)O[C@@H]2C)C[C@@]1(C)O. The van der Waals surface area contributed by atoms with Crippen LogP contribution in [0.5, 0.6) is 0 Å². The summed E-state index contributed by atoms with van der Waals surface area (Å²) in [6.07, 6.45) is -9.12. The maximum Gasteiger partial charge on any atom is 0.308 e. The van der Waals surface area contributed by atoms with Crippen LogP contribution >= 0.6 is 0 Å². The molecule has 4 N–H and O–H groups in total. The summed E-state index contributed by atoms with van der Waals surface area (Å²) in [6.45, 7) is 12.0. The van der Waals surface area contributed by atoms with Crippen molar-refractivity contribution in [3.05, 3.63) is 36.0 Å². The molecule has 0 aromatic carbocycles. The number of aryl methyl sites for hydroxylation is 1. The van der Waals surface area contributed by atoms with E-state index in [-0.39, 0.29) is 25.7 Å². The van der Waals surface area contributed by atoms with Crippen LogP contribution in [0.2, 0.25) is 0 Å². The van der Waals surface area contributed by atoms with Crippen molar-refractivity contribution in [2.45, 2.75) is 184 Å². The number of rotatable bonds is 11. The molecule has 1 aromatic heterocycles. The lowest BCUT2D eigenvalue weighted by Gasteiger charge is -2.50. The minimum absolute atomic E-state index is 0.0460. The van der Waals surface area contributed by atoms with Crippen molar-refractivity contribution in [1.29, 1.82) is 0 Å². The zero-order valence-electron chi connectivity index (χ0n) is 37.6. The van der Waals surface area contributed by atoms with Crippen LogP contribution in [0.25, 0.3) is 0 Å². The monoisotopic (exact) mass is 879 g/mol. The smallest absolute Gasteiger partial charge is 0.308 e. The number of ether oxygens (including phenoxy) is 7. The molecule has 0 radical (unpaired) electrons. The van der Waals surface area contributed by atoms with Crippen LogP contribution in [0.3, 0.4) is 0 Å². The quantitative estimate of drug-likeness (QED) is 0.142. The standard InChI is InChI=1S/C44H69N3O15/c1-11-33(50)59-42-27(6)57-35(22-44(42,7)54)60-39-26(5)58-43(38(53)36(39)46(8)9)61-40-28(17-18-48)19-23(2)37(52)31-16-15-29(47(62-31)32-14-12-13-24(3)45-32)20-25(4)56-34(51)21-30(49)41(40)55-10/h12-16,18,23,25-31,35-43,49,52-54H,11,17,19-22H2,1-10H3/t23-,25-,26-,27+,28+,29+,30-,31-,35+,36-,37-,38-,39-,40+,41+,42+,43-,44-/m1/s1. The number of methoxy groups -OCH3 is 1. The van der Waals surface area contributed by atoms with Gasteiger partial charge in [-0.05, 0) is 79.1 Å². The lowest BCUT2D eigenvalue weighted by atomic mass is 9.81. The zero-order valence-corrected chi connectivity index (χ0v) is 37.6. The molecule has 0 saturated carbocycles. The van der Waals surface area contributed by atoms with Crippen molar-refractivity contribution in [3.63, 3.8) is 0 Å². The molecule has 0 unspecified atom stereocenters. The number of esters is 2. The number of anilines is 1. The van der Waals surface area contributed by atoms with Gasteiger partial charge in [0.1, 0.15) is 42.4 Å². The van der Waals surface area contributed by atoms with Gasteiger partial charge in [-0.3, -0.25) is 14.4 Å². The molecule has 18 atom stereocenters. The van der Waals surface area contributed by atoms with Crippen molar-refractivity contribution in [2.24, 2.45) is 11.8 Å². The number of nitrogens with zero attached hydrogens (tertiary/aromatic N) is 3. The van der Waals surface area contributed by atoms with E-state index < -0.39 is 128 Å². The van der Waals surface area contributed by atoms with E-state index in [1.165, 1.54) is 7.11 Å². The Bertz CT molecular complexity index is 1670. The number of pyridine rings is 1. The van der Waals surface area contributed by atoms with Gasteiger partial charge in [0.25, 0.3) is 0 Å². The number of hydrogen-bond donors (Lipinski definition) is 4. The molecule has 5 aliphatic rings. The number of aldehydes is 1. The molecule has 350 valence electrons. The summed E-state index contributed by atoms with van der Waals surface area (Å²) in [5.41, 5.74) is -0.739. The molecule has 18 nitrogen and oxygen atoms in total. The number of hydrogen-bond acceptors (Lipinski definition) is 18. The van der Waals surface area contributed by atoms with Gasteiger partial charge in [0.05, 0.1) is 49.0 Å². The molecular formula is C44H69N3O15.